The van der Waals surface area contributed by atoms with E-state index in [9.17, 15) is 0 Å². The van der Waals surface area contributed by atoms with Crippen molar-refractivity contribution in [2.45, 2.75) is 79.8 Å². The number of aromatic nitrogens is 3. The van der Waals surface area contributed by atoms with Crippen LogP contribution in [0, 0.1) is 0 Å². The zero-order valence-electron chi connectivity index (χ0n) is 24.6. The maximum Gasteiger partial charge on any atom is 0.222 e. The number of unbranched alkanes of at least 4 members (excludes halogenated alkanes) is 3. The number of fused-ring (bicyclic) bond motifs is 1. The average molecular weight is 526 g/mol. The molecule has 4 rings (SSSR count). The maximum atomic E-state index is 5.96. The lowest BCUT2D eigenvalue weighted by atomic mass is 10.1. The quantitative estimate of drug-likeness (QED) is 0.268. The highest BCUT2D eigenvalue weighted by molar-refractivity contribution is 5.87. The number of hydrogen-bond acceptors (Lipinski definition) is 7. The van der Waals surface area contributed by atoms with E-state index in [0.29, 0.717) is 12.5 Å². The van der Waals surface area contributed by atoms with Crippen LogP contribution in [0.15, 0.2) is 30.5 Å². The largest absolute Gasteiger partial charge is 0.496 e. The first kappa shape index (κ1) is 31.4. The number of hydrogen-bond donors (Lipinski definition) is 3. The van der Waals surface area contributed by atoms with E-state index in [0.717, 1.165) is 73.9 Å². The van der Waals surface area contributed by atoms with E-state index < -0.39 is 0 Å². The minimum atomic E-state index is 0.295. The molecule has 2 aromatic heterocycles. The van der Waals surface area contributed by atoms with E-state index >= 15 is 0 Å². The molecule has 3 aromatic rings. The lowest BCUT2D eigenvalue weighted by Gasteiger charge is -2.27. The minimum absolute atomic E-state index is 0.295. The topological polar surface area (TPSA) is 93.3 Å². The predicted octanol–water partition coefficient (Wildman–Crippen LogP) is 5.91. The van der Waals surface area contributed by atoms with Crippen LogP contribution in [0.2, 0.25) is 0 Å². The summed E-state index contributed by atoms with van der Waals surface area (Å²) < 4.78 is 7.94. The molecule has 0 amide bonds. The van der Waals surface area contributed by atoms with E-state index in [1.165, 1.54) is 31.2 Å². The maximum absolute atomic E-state index is 5.96. The van der Waals surface area contributed by atoms with Gasteiger partial charge in [-0.2, -0.15) is 4.98 Å². The molecule has 1 saturated heterocycles. The smallest absolute Gasteiger partial charge is 0.222 e. The first-order valence-corrected chi connectivity index (χ1v) is 14.5. The fourth-order valence-corrected chi connectivity index (χ4v) is 4.29. The van der Waals surface area contributed by atoms with Crippen molar-refractivity contribution in [2.24, 2.45) is 0 Å². The highest BCUT2D eigenvalue weighted by Gasteiger charge is 2.15. The van der Waals surface area contributed by atoms with Crippen LogP contribution in [0.1, 0.15) is 77.8 Å². The first-order valence-electron chi connectivity index (χ1n) is 14.5. The summed E-state index contributed by atoms with van der Waals surface area (Å²) in [7, 11) is 1.74. The Morgan fingerprint density at radius 1 is 0.974 bits per heavy atom. The number of nitrogens with zero attached hydrogens (tertiary/aromatic N) is 4. The number of methoxy groups -OCH3 is 1. The number of anilines is 2. The van der Waals surface area contributed by atoms with Crippen LogP contribution in [0.4, 0.5) is 11.8 Å². The second kappa shape index (κ2) is 17.6. The first-order chi connectivity index (χ1) is 18.6. The molecule has 1 aliphatic heterocycles. The highest BCUT2D eigenvalue weighted by Crippen LogP contribution is 2.27. The van der Waals surface area contributed by atoms with Gasteiger partial charge in [0.15, 0.2) is 5.82 Å². The third-order valence-corrected chi connectivity index (χ3v) is 6.51. The van der Waals surface area contributed by atoms with Gasteiger partial charge in [0, 0.05) is 51.0 Å². The normalized spacial score (nSPS) is 13.3. The van der Waals surface area contributed by atoms with Gasteiger partial charge < -0.3 is 25.7 Å². The van der Waals surface area contributed by atoms with Crippen molar-refractivity contribution in [3.8, 4) is 5.75 Å². The Morgan fingerprint density at radius 3 is 2.37 bits per heavy atom. The van der Waals surface area contributed by atoms with E-state index in [4.69, 9.17) is 10.5 Å². The summed E-state index contributed by atoms with van der Waals surface area (Å²) in [6.07, 6.45) is 8.16. The van der Waals surface area contributed by atoms with E-state index in [1.807, 2.05) is 26.1 Å². The van der Waals surface area contributed by atoms with Gasteiger partial charge in [-0.15, -0.1) is 0 Å². The zero-order valence-corrected chi connectivity index (χ0v) is 24.6. The van der Waals surface area contributed by atoms with Crippen molar-refractivity contribution in [1.29, 1.82) is 0 Å². The molecule has 1 aromatic carbocycles. The van der Waals surface area contributed by atoms with Crippen LogP contribution in [-0.2, 0) is 13.1 Å². The molecule has 3 heterocycles. The summed E-state index contributed by atoms with van der Waals surface area (Å²) in [4.78, 5) is 11.4. The number of nitrogens with two attached hydrogens (primary N) is 1. The molecule has 0 spiro atoms. The molecular formula is C30H51N7O. The third kappa shape index (κ3) is 9.48. The van der Waals surface area contributed by atoms with Crippen LogP contribution < -0.4 is 21.1 Å². The summed E-state index contributed by atoms with van der Waals surface area (Å²) in [5.74, 6) is 2.00. The van der Waals surface area contributed by atoms with Gasteiger partial charge in [0.05, 0.1) is 19.2 Å². The molecule has 38 heavy (non-hydrogen) atoms. The molecule has 4 N–H and O–H groups in total. The van der Waals surface area contributed by atoms with Gasteiger partial charge in [-0.25, -0.2) is 4.98 Å². The molecule has 1 fully saturated rings. The number of piperazine rings is 1. The summed E-state index contributed by atoms with van der Waals surface area (Å²) in [5, 5.41) is 6.87. The molecule has 8 nitrogen and oxygen atoms in total. The van der Waals surface area contributed by atoms with E-state index in [-0.39, 0.29) is 0 Å². The molecule has 0 bridgehead atoms. The van der Waals surface area contributed by atoms with Gasteiger partial charge >= 0.3 is 0 Å². The summed E-state index contributed by atoms with van der Waals surface area (Å²) >= 11 is 0. The van der Waals surface area contributed by atoms with Gasteiger partial charge in [-0.1, -0.05) is 72.4 Å². The second-order valence-electron chi connectivity index (χ2n) is 9.41. The van der Waals surface area contributed by atoms with E-state index in [1.54, 1.807) is 7.11 Å². The Hall–Kier alpha value is -2.84. The molecule has 0 radical (unpaired) electrons. The Kier molecular flexibility index (Phi) is 14.6. The molecule has 0 unspecified atom stereocenters. The van der Waals surface area contributed by atoms with Crippen molar-refractivity contribution < 1.29 is 4.74 Å². The van der Waals surface area contributed by atoms with Gasteiger partial charge in [-0.05, 0) is 24.1 Å². The van der Waals surface area contributed by atoms with E-state index in [2.05, 4.69) is 69.0 Å². The van der Waals surface area contributed by atoms with Gasteiger partial charge in [-0.3, -0.25) is 4.90 Å². The fourth-order valence-electron chi connectivity index (χ4n) is 4.29. The monoisotopic (exact) mass is 525 g/mol. The summed E-state index contributed by atoms with van der Waals surface area (Å²) in [5.41, 5.74) is 10.2. The van der Waals surface area contributed by atoms with Crippen molar-refractivity contribution >= 4 is 22.8 Å². The molecule has 8 heteroatoms. The third-order valence-electron chi connectivity index (χ3n) is 6.51. The second-order valence-corrected chi connectivity index (χ2v) is 9.41. The van der Waals surface area contributed by atoms with Gasteiger partial charge in [0.2, 0.25) is 5.95 Å². The fraction of sp³-hybridized carbons (Fsp3) is 0.600. The Labute approximate surface area is 230 Å². The number of rotatable bonds is 11. The van der Waals surface area contributed by atoms with Crippen LogP contribution in [-0.4, -0.2) is 59.3 Å². The van der Waals surface area contributed by atoms with Crippen LogP contribution in [0.3, 0.4) is 0 Å². The summed E-state index contributed by atoms with van der Waals surface area (Å²) in [6, 6.07) is 8.55. The van der Waals surface area contributed by atoms with Crippen molar-refractivity contribution in [1.82, 2.24) is 24.8 Å². The molecule has 0 saturated carbocycles. The highest BCUT2D eigenvalue weighted by atomic mass is 16.5. The Morgan fingerprint density at radius 2 is 1.71 bits per heavy atom. The van der Waals surface area contributed by atoms with Crippen LogP contribution in [0.25, 0.3) is 11.0 Å². The van der Waals surface area contributed by atoms with Gasteiger partial charge in [0.1, 0.15) is 11.3 Å². The zero-order chi connectivity index (χ0) is 27.8. The van der Waals surface area contributed by atoms with Crippen LogP contribution >= 0.6 is 0 Å². The SMILES string of the molecule is CC.CCCC.CCCCCNc1nc(N)nc2ccn(Cc3ccc(CN4CCNCC4)cc3OC)c12. The standard InChI is InChI=1S/C24H35N7O.C4H10.C2H6/c1-3-4-5-9-27-23-22-20(28-24(25)29-23)8-12-31(22)17-19-7-6-18(15-21(19)32-2)16-30-13-10-26-11-14-30;1-3-4-2;1-2/h6-8,12,15,26H,3-5,9-11,13-14,16-17H2,1-2H3,(H3,25,27,28,29);3-4H2,1-2H3;1-2H3. The number of nitrogen functional groups attached to an aromatic ring is 1. The summed E-state index contributed by atoms with van der Waals surface area (Å²) in [6.45, 7) is 17.3. The molecule has 212 valence electrons. The lowest BCUT2D eigenvalue weighted by Crippen LogP contribution is -2.42. The number of benzene rings is 1. The molecule has 1 aliphatic rings. The molecular weight excluding hydrogens is 474 g/mol. The lowest BCUT2D eigenvalue weighted by molar-refractivity contribution is 0.233. The number of ether oxygens (including phenoxy) is 1. The number of nitrogens with one attached hydrogen (secondary N) is 2. The van der Waals surface area contributed by atoms with Crippen molar-refractivity contribution in [3.05, 3.63) is 41.6 Å². The van der Waals surface area contributed by atoms with Crippen LogP contribution in [0.5, 0.6) is 5.75 Å². The predicted molar refractivity (Wildman–Crippen MR) is 162 cm³/mol. The van der Waals surface area contributed by atoms with Crippen molar-refractivity contribution in [3.63, 3.8) is 0 Å². The minimum Gasteiger partial charge on any atom is -0.496 e. The molecule has 0 atom stereocenters. The van der Waals surface area contributed by atoms with Crippen molar-refractivity contribution in [2.75, 3.05) is 50.9 Å². The van der Waals surface area contributed by atoms with Gasteiger partial charge in [0.25, 0.3) is 0 Å². The Bertz CT molecular complexity index is 1060. The Balaban J connectivity index is 0.000000773. The molecule has 0 aliphatic carbocycles. The average Bonchev–Trinajstić information content (AvgIpc) is 3.35.